The fourth-order valence-electron chi connectivity index (χ4n) is 3.30. The van der Waals surface area contributed by atoms with Crippen LogP contribution in [-0.2, 0) is 10.0 Å². The number of ether oxygens (including phenoxy) is 1. The van der Waals surface area contributed by atoms with E-state index in [1.165, 1.54) is 12.1 Å². The van der Waals surface area contributed by atoms with E-state index in [0.29, 0.717) is 17.2 Å². The highest BCUT2D eigenvalue weighted by Gasteiger charge is 2.15. The average molecular weight is 462 g/mol. The zero-order valence-electron chi connectivity index (χ0n) is 17.1. The monoisotopic (exact) mass is 461 g/mol. The molecular formula is C24H19N3O3S2. The molecule has 0 saturated carbocycles. The van der Waals surface area contributed by atoms with Gasteiger partial charge in [-0.15, -0.1) is 11.3 Å². The van der Waals surface area contributed by atoms with E-state index in [0.717, 1.165) is 21.9 Å². The molecule has 5 aromatic rings. The molecule has 0 atom stereocenters. The lowest BCUT2D eigenvalue weighted by molar-refractivity contribution is 0.482. The number of aryl methyl sites for hydroxylation is 1. The first kappa shape index (κ1) is 20.3. The van der Waals surface area contributed by atoms with Crippen LogP contribution in [0, 0.1) is 6.92 Å². The molecule has 0 fully saturated rings. The highest BCUT2D eigenvalue weighted by Crippen LogP contribution is 2.27. The normalized spacial score (nSPS) is 11.5. The Kier molecular flexibility index (Phi) is 5.16. The Labute approximate surface area is 189 Å². The van der Waals surface area contributed by atoms with Gasteiger partial charge in [-0.3, -0.25) is 9.12 Å². The predicted molar refractivity (Wildman–Crippen MR) is 127 cm³/mol. The molecule has 0 aliphatic rings. The third-order valence-electron chi connectivity index (χ3n) is 4.91. The summed E-state index contributed by atoms with van der Waals surface area (Å²) in [4.78, 5) is 5.69. The zero-order valence-corrected chi connectivity index (χ0v) is 18.7. The summed E-state index contributed by atoms with van der Waals surface area (Å²) in [6, 6.07) is 22.9. The first-order valence-corrected chi connectivity index (χ1v) is 12.2. The Morgan fingerprint density at radius 2 is 1.69 bits per heavy atom. The van der Waals surface area contributed by atoms with Crippen molar-refractivity contribution in [3.63, 3.8) is 0 Å². The largest absolute Gasteiger partial charge is 0.457 e. The summed E-state index contributed by atoms with van der Waals surface area (Å²) >= 11 is 1.57. The van der Waals surface area contributed by atoms with Crippen molar-refractivity contribution in [1.29, 1.82) is 0 Å². The average Bonchev–Trinajstić information content (AvgIpc) is 3.37. The number of aromatic nitrogens is 2. The number of sulfonamides is 1. The molecule has 2 heterocycles. The van der Waals surface area contributed by atoms with Crippen molar-refractivity contribution in [3.05, 3.63) is 96.1 Å². The first-order chi connectivity index (χ1) is 15.5. The van der Waals surface area contributed by atoms with Gasteiger partial charge < -0.3 is 4.74 Å². The lowest BCUT2D eigenvalue weighted by Crippen LogP contribution is -2.12. The van der Waals surface area contributed by atoms with E-state index in [4.69, 9.17) is 4.74 Å². The smallest absolute Gasteiger partial charge is 0.261 e. The Morgan fingerprint density at radius 3 is 2.44 bits per heavy atom. The fourth-order valence-corrected chi connectivity index (χ4v) is 5.20. The Hall–Kier alpha value is -3.62. The van der Waals surface area contributed by atoms with E-state index < -0.39 is 10.0 Å². The molecule has 0 unspecified atom stereocenters. The molecule has 6 nitrogen and oxygen atoms in total. The predicted octanol–water partition coefficient (Wildman–Crippen LogP) is 5.96. The maximum absolute atomic E-state index is 12.9. The topological polar surface area (TPSA) is 72.7 Å². The highest BCUT2D eigenvalue weighted by molar-refractivity contribution is 7.92. The molecule has 0 saturated heterocycles. The van der Waals surface area contributed by atoms with Gasteiger partial charge in [0.05, 0.1) is 10.6 Å². The number of nitrogens with one attached hydrogen (secondary N) is 1. The molecule has 3 aromatic carbocycles. The number of imidazole rings is 1. The molecule has 0 aliphatic carbocycles. The standard InChI is InChI=1S/C24H19N3O3S2/c1-17-16-31-24-25-23(15-27(17)24)18-6-5-7-19(14-18)26-32(28,29)22-12-10-21(11-13-22)30-20-8-3-2-4-9-20/h2-16,26H,1H3. The van der Waals surface area contributed by atoms with Gasteiger partial charge >= 0.3 is 0 Å². The van der Waals surface area contributed by atoms with E-state index in [1.807, 2.05) is 65.4 Å². The third kappa shape index (κ3) is 4.10. The van der Waals surface area contributed by atoms with Crippen molar-refractivity contribution < 1.29 is 13.2 Å². The van der Waals surface area contributed by atoms with Crippen LogP contribution in [0.4, 0.5) is 5.69 Å². The van der Waals surface area contributed by atoms with Gasteiger partial charge in [-0.1, -0.05) is 30.3 Å². The molecule has 0 radical (unpaired) electrons. The van der Waals surface area contributed by atoms with Crippen LogP contribution in [0.3, 0.4) is 0 Å². The number of fused-ring (bicyclic) bond motifs is 1. The van der Waals surface area contributed by atoms with Crippen LogP contribution in [-0.4, -0.2) is 17.8 Å². The number of nitrogens with zero attached hydrogens (tertiary/aromatic N) is 2. The van der Waals surface area contributed by atoms with Crippen molar-refractivity contribution in [2.45, 2.75) is 11.8 Å². The Balaban J connectivity index is 1.35. The molecule has 2 aromatic heterocycles. The molecule has 160 valence electrons. The van der Waals surface area contributed by atoms with Crippen LogP contribution < -0.4 is 9.46 Å². The summed E-state index contributed by atoms with van der Waals surface area (Å²) < 4.78 is 36.2. The second kappa shape index (κ2) is 8.14. The highest BCUT2D eigenvalue weighted by atomic mass is 32.2. The molecule has 8 heteroatoms. The van der Waals surface area contributed by atoms with Gasteiger partial charge in [0.2, 0.25) is 0 Å². The number of rotatable bonds is 6. The van der Waals surface area contributed by atoms with Crippen LogP contribution in [0.5, 0.6) is 11.5 Å². The third-order valence-corrected chi connectivity index (χ3v) is 7.27. The van der Waals surface area contributed by atoms with Crippen LogP contribution in [0.15, 0.2) is 95.3 Å². The van der Waals surface area contributed by atoms with Crippen LogP contribution >= 0.6 is 11.3 Å². The van der Waals surface area contributed by atoms with E-state index in [-0.39, 0.29) is 4.90 Å². The minimum Gasteiger partial charge on any atom is -0.457 e. The second-order valence-corrected chi connectivity index (χ2v) is 9.75. The van der Waals surface area contributed by atoms with E-state index in [2.05, 4.69) is 9.71 Å². The quantitative estimate of drug-likeness (QED) is 0.338. The van der Waals surface area contributed by atoms with Gasteiger partial charge in [-0.25, -0.2) is 13.4 Å². The summed E-state index contributed by atoms with van der Waals surface area (Å²) in [5.74, 6) is 1.25. The van der Waals surface area contributed by atoms with Gasteiger partial charge in [0, 0.05) is 28.5 Å². The van der Waals surface area contributed by atoms with Crippen molar-refractivity contribution in [1.82, 2.24) is 9.38 Å². The Morgan fingerprint density at radius 1 is 0.938 bits per heavy atom. The maximum Gasteiger partial charge on any atom is 0.261 e. The number of hydrogen-bond donors (Lipinski definition) is 1. The van der Waals surface area contributed by atoms with Gasteiger partial charge in [0.25, 0.3) is 10.0 Å². The summed E-state index contributed by atoms with van der Waals surface area (Å²) in [6.45, 7) is 2.02. The van der Waals surface area contributed by atoms with Crippen molar-refractivity contribution in [3.8, 4) is 22.8 Å². The minimum absolute atomic E-state index is 0.154. The van der Waals surface area contributed by atoms with Crippen LogP contribution in [0.1, 0.15) is 5.69 Å². The molecule has 32 heavy (non-hydrogen) atoms. The molecule has 0 bridgehead atoms. The number of anilines is 1. The molecule has 0 aliphatic heterocycles. The summed E-state index contributed by atoms with van der Waals surface area (Å²) in [5, 5.41) is 2.05. The lowest BCUT2D eigenvalue weighted by Gasteiger charge is -2.10. The van der Waals surface area contributed by atoms with Gasteiger partial charge in [-0.2, -0.15) is 0 Å². The minimum atomic E-state index is -3.75. The van der Waals surface area contributed by atoms with Crippen molar-refractivity contribution in [2.24, 2.45) is 0 Å². The van der Waals surface area contributed by atoms with Crippen molar-refractivity contribution in [2.75, 3.05) is 4.72 Å². The molecule has 5 rings (SSSR count). The number of benzene rings is 3. The number of hydrogen-bond acceptors (Lipinski definition) is 5. The second-order valence-electron chi connectivity index (χ2n) is 7.23. The van der Waals surface area contributed by atoms with Crippen LogP contribution in [0.25, 0.3) is 16.2 Å². The van der Waals surface area contributed by atoms with Gasteiger partial charge in [0.1, 0.15) is 11.5 Å². The first-order valence-electron chi connectivity index (χ1n) is 9.87. The van der Waals surface area contributed by atoms with E-state index >= 15 is 0 Å². The van der Waals surface area contributed by atoms with E-state index in [1.54, 1.807) is 35.6 Å². The molecule has 1 N–H and O–H groups in total. The molecule has 0 spiro atoms. The summed E-state index contributed by atoms with van der Waals surface area (Å²) in [5.41, 5.74) is 3.22. The summed E-state index contributed by atoms with van der Waals surface area (Å²) in [7, 11) is -3.75. The molecule has 0 amide bonds. The van der Waals surface area contributed by atoms with Gasteiger partial charge in [0.15, 0.2) is 4.96 Å². The Bertz CT molecular complexity index is 1490. The number of para-hydroxylation sites is 1. The van der Waals surface area contributed by atoms with Crippen LogP contribution in [0.2, 0.25) is 0 Å². The molecular weight excluding hydrogens is 442 g/mol. The van der Waals surface area contributed by atoms with E-state index in [9.17, 15) is 8.42 Å². The fraction of sp³-hybridized carbons (Fsp3) is 0.0417. The van der Waals surface area contributed by atoms with Gasteiger partial charge in [-0.05, 0) is 55.5 Å². The zero-order chi connectivity index (χ0) is 22.1. The maximum atomic E-state index is 12.9. The summed E-state index contributed by atoms with van der Waals surface area (Å²) in [6.07, 6.45) is 1.96. The number of thiazole rings is 1. The lowest BCUT2D eigenvalue weighted by atomic mass is 10.1. The SMILES string of the molecule is Cc1csc2nc(-c3cccc(NS(=O)(=O)c4ccc(Oc5ccccc5)cc4)c3)cn12. The van der Waals surface area contributed by atoms with Crippen molar-refractivity contribution >= 4 is 32.0 Å².